The first-order chi connectivity index (χ1) is 15.0. The second kappa shape index (κ2) is 9.71. The SMILES string of the molecule is C=C/N=C\C(=C/N)C(=O)NC1(C(=O)NCc2ccc(Nc3ccc(F)cc3)cc2)CC1. The zero-order valence-corrected chi connectivity index (χ0v) is 16.9. The largest absolute Gasteiger partial charge is 0.404 e. The lowest BCUT2D eigenvalue weighted by Gasteiger charge is -2.17. The summed E-state index contributed by atoms with van der Waals surface area (Å²) in [6.07, 6.45) is 4.83. The third kappa shape index (κ3) is 5.79. The van der Waals surface area contributed by atoms with Gasteiger partial charge in [-0.3, -0.25) is 14.6 Å². The van der Waals surface area contributed by atoms with Gasteiger partial charge in [0.1, 0.15) is 11.4 Å². The first-order valence-corrected chi connectivity index (χ1v) is 9.74. The van der Waals surface area contributed by atoms with Crippen LogP contribution >= 0.6 is 0 Å². The Kier molecular flexibility index (Phi) is 6.81. The lowest BCUT2D eigenvalue weighted by molar-refractivity contribution is -0.128. The van der Waals surface area contributed by atoms with E-state index in [0.29, 0.717) is 19.4 Å². The molecule has 160 valence electrons. The number of amides is 2. The maximum Gasteiger partial charge on any atom is 0.255 e. The number of nitrogens with one attached hydrogen (secondary N) is 3. The van der Waals surface area contributed by atoms with E-state index in [2.05, 4.69) is 27.5 Å². The Hall–Kier alpha value is -3.94. The lowest BCUT2D eigenvalue weighted by Crippen LogP contribution is -2.49. The number of halogens is 1. The van der Waals surface area contributed by atoms with Crippen molar-refractivity contribution in [3.05, 3.63) is 84.5 Å². The average Bonchev–Trinajstić information content (AvgIpc) is 3.56. The molecule has 0 spiro atoms. The first kappa shape index (κ1) is 21.8. The van der Waals surface area contributed by atoms with Gasteiger partial charge in [0.15, 0.2) is 0 Å². The molecule has 2 aromatic rings. The molecule has 1 aliphatic carbocycles. The highest BCUT2D eigenvalue weighted by molar-refractivity contribution is 6.13. The molecule has 0 heterocycles. The Bertz CT molecular complexity index is 1010. The average molecular weight is 421 g/mol. The second-order valence-electron chi connectivity index (χ2n) is 7.13. The summed E-state index contributed by atoms with van der Waals surface area (Å²) < 4.78 is 13.0. The fourth-order valence-corrected chi connectivity index (χ4v) is 2.89. The molecule has 8 heteroatoms. The van der Waals surface area contributed by atoms with Gasteiger partial charge in [-0.25, -0.2) is 4.39 Å². The molecule has 0 saturated heterocycles. The van der Waals surface area contributed by atoms with Crippen molar-refractivity contribution in [1.82, 2.24) is 10.6 Å². The monoisotopic (exact) mass is 421 g/mol. The summed E-state index contributed by atoms with van der Waals surface area (Å²) in [5, 5.41) is 8.78. The van der Waals surface area contributed by atoms with E-state index < -0.39 is 11.4 Å². The van der Waals surface area contributed by atoms with Gasteiger partial charge in [0.25, 0.3) is 5.91 Å². The van der Waals surface area contributed by atoms with E-state index in [9.17, 15) is 14.0 Å². The van der Waals surface area contributed by atoms with Crippen LogP contribution in [0, 0.1) is 5.82 Å². The van der Waals surface area contributed by atoms with Gasteiger partial charge in [-0.05, 0) is 54.8 Å². The maximum atomic E-state index is 13.0. The molecule has 1 aliphatic rings. The maximum absolute atomic E-state index is 13.0. The van der Waals surface area contributed by atoms with Crippen LogP contribution in [0.15, 0.2) is 78.1 Å². The van der Waals surface area contributed by atoms with Crippen molar-refractivity contribution in [2.24, 2.45) is 10.7 Å². The van der Waals surface area contributed by atoms with Crippen LogP contribution in [0.4, 0.5) is 15.8 Å². The Morgan fingerprint density at radius 3 is 2.26 bits per heavy atom. The van der Waals surface area contributed by atoms with E-state index in [1.54, 1.807) is 12.1 Å². The number of nitrogens with two attached hydrogens (primary N) is 1. The molecule has 7 nitrogen and oxygen atoms in total. The van der Waals surface area contributed by atoms with Crippen LogP contribution in [-0.4, -0.2) is 23.6 Å². The minimum atomic E-state index is -0.919. The number of benzene rings is 2. The summed E-state index contributed by atoms with van der Waals surface area (Å²) in [6, 6.07) is 13.6. The van der Waals surface area contributed by atoms with Gasteiger partial charge in [0.05, 0.1) is 5.57 Å². The summed E-state index contributed by atoms with van der Waals surface area (Å²) in [5.41, 5.74) is 7.22. The minimum absolute atomic E-state index is 0.156. The van der Waals surface area contributed by atoms with Gasteiger partial charge in [-0.2, -0.15) is 0 Å². The predicted molar refractivity (Wildman–Crippen MR) is 119 cm³/mol. The van der Waals surface area contributed by atoms with Gasteiger partial charge in [-0.15, -0.1) is 0 Å². The van der Waals surface area contributed by atoms with Crippen LogP contribution in [-0.2, 0) is 16.1 Å². The number of hydrogen-bond acceptors (Lipinski definition) is 5. The lowest BCUT2D eigenvalue weighted by atomic mass is 10.1. The first-order valence-electron chi connectivity index (χ1n) is 9.74. The summed E-state index contributed by atoms with van der Waals surface area (Å²) in [7, 11) is 0. The Balaban J connectivity index is 1.53. The van der Waals surface area contributed by atoms with E-state index in [0.717, 1.165) is 23.1 Å². The van der Waals surface area contributed by atoms with E-state index in [1.165, 1.54) is 24.5 Å². The Morgan fingerprint density at radius 1 is 1.10 bits per heavy atom. The third-order valence-corrected chi connectivity index (χ3v) is 4.84. The number of carbonyl (C=O) groups excluding carboxylic acids is 2. The fraction of sp³-hybridized carbons (Fsp3) is 0.174. The number of aliphatic imine (C=N–C) groups is 1. The van der Waals surface area contributed by atoms with Gasteiger partial charge < -0.3 is 21.7 Å². The molecular formula is C23H24FN5O2. The van der Waals surface area contributed by atoms with Crippen molar-refractivity contribution in [2.75, 3.05) is 5.32 Å². The van der Waals surface area contributed by atoms with Crippen LogP contribution < -0.4 is 21.7 Å². The van der Waals surface area contributed by atoms with Crippen LogP contribution in [0.2, 0.25) is 0 Å². The van der Waals surface area contributed by atoms with Gasteiger partial charge >= 0.3 is 0 Å². The van der Waals surface area contributed by atoms with Crippen molar-refractivity contribution in [1.29, 1.82) is 0 Å². The number of carbonyl (C=O) groups is 2. The minimum Gasteiger partial charge on any atom is -0.404 e. The molecule has 2 aromatic carbocycles. The van der Waals surface area contributed by atoms with Crippen molar-refractivity contribution in [3.63, 3.8) is 0 Å². The number of hydrogen-bond donors (Lipinski definition) is 4. The zero-order chi connectivity index (χ0) is 22.3. The number of rotatable bonds is 9. The van der Waals surface area contributed by atoms with Crippen molar-refractivity contribution in [3.8, 4) is 0 Å². The highest BCUT2D eigenvalue weighted by Crippen LogP contribution is 2.36. The quantitative estimate of drug-likeness (QED) is 0.369. The molecule has 31 heavy (non-hydrogen) atoms. The van der Waals surface area contributed by atoms with Crippen LogP contribution in [0.5, 0.6) is 0 Å². The molecule has 3 rings (SSSR count). The van der Waals surface area contributed by atoms with Crippen molar-refractivity contribution >= 4 is 29.4 Å². The standard InChI is InChI=1S/C23H24FN5O2/c1-2-26-15-17(13-25)21(30)29-23(11-12-23)22(31)27-14-16-3-7-19(8-4-16)28-20-9-5-18(24)6-10-20/h2-10,13,15,28H,1,11-12,14,25H2,(H,27,31)(H,29,30)/b17-13+,26-15-. The molecule has 0 aromatic heterocycles. The smallest absolute Gasteiger partial charge is 0.255 e. The zero-order valence-electron chi connectivity index (χ0n) is 16.9. The second-order valence-corrected chi connectivity index (χ2v) is 7.13. The van der Waals surface area contributed by atoms with E-state index in [4.69, 9.17) is 5.73 Å². The molecule has 0 bridgehead atoms. The van der Waals surface area contributed by atoms with Crippen LogP contribution in [0.25, 0.3) is 0 Å². The third-order valence-electron chi connectivity index (χ3n) is 4.84. The normalized spacial score (nSPS) is 14.7. The van der Waals surface area contributed by atoms with E-state index in [-0.39, 0.29) is 17.3 Å². The fourth-order valence-electron chi connectivity index (χ4n) is 2.89. The predicted octanol–water partition coefficient (Wildman–Crippen LogP) is 2.89. The summed E-state index contributed by atoms with van der Waals surface area (Å²) >= 11 is 0. The van der Waals surface area contributed by atoms with Crippen LogP contribution in [0.1, 0.15) is 18.4 Å². The molecule has 1 saturated carbocycles. The molecule has 0 aliphatic heterocycles. The summed E-state index contributed by atoms with van der Waals surface area (Å²) in [6.45, 7) is 3.77. The Labute approximate surface area is 179 Å². The van der Waals surface area contributed by atoms with E-state index in [1.807, 2.05) is 24.3 Å². The van der Waals surface area contributed by atoms with Gasteiger partial charge in [-0.1, -0.05) is 18.7 Å². The molecule has 1 fully saturated rings. The number of anilines is 2. The van der Waals surface area contributed by atoms with Crippen molar-refractivity contribution in [2.45, 2.75) is 24.9 Å². The van der Waals surface area contributed by atoms with Crippen molar-refractivity contribution < 1.29 is 14.0 Å². The number of nitrogens with zero attached hydrogens (tertiary/aromatic N) is 1. The molecule has 2 amide bonds. The molecular weight excluding hydrogens is 397 g/mol. The molecule has 0 radical (unpaired) electrons. The highest BCUT2D eigenvalue weighted by atomic mass is 19.1. The molecule has 0 unspecified atom stereocenters. The Morgan fingerprint density at radius 2 is 1.71 bits per heavy atom. The molecule has 5 N–H and O–H groups in total. The topological polar surface area (TPSA) is 109 Å². The summed E-state index contributed by atoms with van der Waals surface area (Å²) in [5.74, 6) is -0.996. The summed E-state index contributed by atoms with van der Waals surface area (Å²) in [4.78, 5) is 28.7. The van der Waals surface area contributed by atoms with Gasteiger partial charge in [0.2, 0.25) is 5.91 Å². The molecule has 0 atom stereocenters. The highest BCUT2D eigenvalue weighted by Gasteiger charge is 2.51. The van der Waals surface area contributed by atoms with Gasteiger partial charge in [0, 0.05) is 36.5 Å². The van der Waals surface area contributed by atoms with E-state index >= 15 is 0 Å². The van der Waals surface area contributed by atoms with Crippen LogP contribution in [0.3, 0.4) is 0 Å².